The summed E-state index contributed by atoms with van der Waals surface area (Å²) < 4.78 is 13.6. The average molecular weight is 373 g/mol. The lowest BCUT2D eigenvalue weighted by atomic mass is 10.1. The van der Waals surface area contributed by atoms with Gasteiger partial charge in [-0.2, -0.15) is 0 Å². The molecular weight excluding hydrogens is 359 g/mol. The first-order chi connectivity index (χ1) is 9.86. The summed E-state index contributed by atoms with van der Waals surface area (Å²) in [4.78, 5) is 12.1. The third-order valence-electron chi connectivity index (χ3n) is 2.60. The molecule has 1 aromatic carbocycles. The number of carbonyl (C=O) groups is 1. The average Bonchev–Trinajstić information content (AvgIpc) is 2.80. The number of nitrogen functional groups attached to an aromatic ring is 1. The van der Waals surface area contributed by atoms with E-state index in [0.29, 0.717) is 15.5 Å². The number of aromatic nitrogens is 2. The van der Waals surface area contributed by atoms with Crippen molar-refractivity contribution in [3.05, 3.63) is 33.0 Å². The smallest absolute Gasteiger partial charge is 0.258 e. The number of amides is 1. The molecule has 0 aliphatic heterocycles. The van der Waals surface area contributed by atoms with Crippen molar-refractivity contribution < 1.29 is 9.18 Å². The van der Waals surface area contributed by atoms with E-state index in [9.17, 15) is 9.18 Å². The van der Waals surface area contributed by atoms with Crippen LogP contribution in [0.15, 0.2) is 16.6 Å². The molecule has 0 radical (unpaired) electrons. The normalized spacial score (nSPS) is 10.9. The van der Waals surface area contributed by atoms with Gasteiger partial charge in [-0.05, 0) is 34.0 Å². The van der Waals surface area contributed by atoms with Crippen molar-refractivity contribution in [3.8, 4) is 0 Å². The monoisotopic (exact) mass is 372 g/mol. The van der Waals surface area contributed by atoms with Gasteiger partial charge in [0.15, 0.2) is 0 Å². The first kappa shape index (κ1) is 15.8. The number of rotatable bonds is 4. The van der Waals surface area contributed by atoms with Crippen molar-refractivity contribution in [2.24, 2.45) is 5.92 Å². The van der Waals surface area contributed by atoms with E-state index in [1.54, 1.807) is 0 Å². The van der Waals surface area contributed by atoms with Crippen LogP contribution in [0.1, 0.15) is 29.2 Å². The number of hydrogen-bond donors (Lipinski definition) is 2. The molecule has 0 atom stereocenters. The number of nitrogens with one attached hydrogen (secondary N) is 1. The molecule has 2 rings (SSSR count). The van der Waals surface area contributed by atoms with Crippen molar-refractivity contribution in [3.63, 3.8) is 0 Å². The Labute approximate surface area is 133 Å². The molecule has 0 spiro atoms. The van der Waals surface area contributed by atoms with Gasteiger partial charge in [-0.25, -0.2) is 4.39 Å². The highest BCUT2D eigenvalue weighted by Gasteiger charge is 2.15. The molecule has 0 aliphatic carbocycles. The van der Waals surface area contributed by atoms with Crippen LogP contribution >= 0.6 is 27.3 Å². The Morgan fingerprint density at radius 1 is 1.48 bits per heavy atom. The van der Waals surface area contributed by atoms with Crippen LogP contribution < -0.4 is 11.1 Å². The summed E-state index contributed by atoms with van der Waals surface area (Å²) in [6.45, 7) is 4.16. The molecule has 3 N–H and O–H groups in total. The Balaban J connectivity index is 2.14. The summed E-state index contributed by atoms with van der Waals surface area (Å²) >= 11 is 4.47. The van der Waals surface area contributed by atoms with Gasteiger partial charge in [-0.1, -0.05) is 25.2 Å². The lowest BCUT2D eigenvalue weighted by Gasteiger charge is -2.06. The van der Waals surface area contributed by atoms with Crippen molar-refractivity contribution >= 4 is 44.0 Å². The largest absolute Gasteiger partial charge is 0.396 e. The zero-order valence-corrected chi connectivity index (χ0v) is 13.9. The summed E-state index contributed by atoms with van der Waals surface area (Å²) in [6, 6.07) is 2.44. The number of nitrogens with zero attached hydrogens (tertiary/aromatic N) is 2. The summed E-state index contributed by atoms with van der Waals surface area (Å²) in [5.74, 6) is -0.526. The van der Waals surface area contributed by atoms with Gasteiger partial charge in [-0.15, -0.1) is 10.2 Å². The van der Waals surface area contributed by atoms with Crippen molar-refractivity contribution in [2.45, 2.75) is 20.3 Å². The Bertz CT molecular complexity index is 674. The highest BCUT2D eigenvalue weighted by Crippen LogP contribution is 2.25. The maximum Gasteiger partial charge on any atom is 0.258 e. The van der Waals surface area contributed by atoms with E-state index in [1.807, 2.05) is 0 Å². The summed E-state index contributed by atoms with van der Waals surface area (Å²) in [7, 11) is 0. The number of halogens is 2. The van der Waals surface area contributed by atoms with Gasteiger partial charge in [0, 0.05) is 10.9 Å². The van der Waals surface area contributed by atoms with E-state index < -0.39 is 11.7 Å². The van der Waals surface area contributed by atoms with Gasteiger partial charge in [0.25, 0.3) is 5.91 Å². The van der Waals surface area contributed by atoms with Crippen LogP contribution in [0.5, 0.6) is 0 Å². The van der Waals surface area contributed by atoms with Gasteiger partial charge < -0.3 is 5.73 Å². The van der Waals surface area contributed by atoms with Crippen LogP contribution in [-0.4, -0.2) is 16.1 Å². The summed E-state index contributed by atoms with van der Waals surface area (Å²) in [5.41, 5.74) is 5.64. The van der Waals surface area contributed by atoms with Crippen molar-refractivity contribution in [1.29, 1.82) is 0 Å². The highest BCUT2D eigenvalue weighted by atomic mass is 79.9. The van der Waals surface area contributed by atoms with Gasteiger partial charge in [-0.3, -0.25) is 10.1 Å². The van der Waals surface area contributed by atoms with Crippen LogP contribution in [0.4, 0.5) is 15.2 Å². The standard InChI is InChI=1S/C13H14BrFN4OS/c1-6(2)3-11-18-19-13(21-11)17-12(20)7-4-10(16)9(15)5-8(7)14/h4-6H,3,16H2,1-2H3,(H,17,19,20). The lowest BCUT2D eigenvalue weighted by Crippen LogP contribution is -2.13. The second-order valence-corrected chi connectivity index (χ2v) is 6.82. The van der Waals surface area contributed by atoms with Crippen LogP contribution in [0.3, 0.4) is 0 Å². The van der Waals surface area contributed by atoms with Crippen LogP contribution in [0.2, 0.25) is 0 Å². The maximum atomic E-state index is 13.3. The zero-order valence-electron chi connectivity index (χ0n) is 11.5. The van der Waals surface area contributed by atoms with E-state index in [-0.39, 0.29) is 11.3 Å². The highest BCUT2D eigenvalue weighted by molar-refractivity contribution is 9.10. The second kappa shape index (κ2) is 6.48. The van der Waals surface area contributed by atoms with Crippen LogP contribution in [0.25, 0.3) is 0 Å². The van der Waals surface area contributed by atoms with Gasteiger partial charge in [0.05, 0.1) is 11.3 Å². The summed E-state index contributed by atoms with van der Waals surface area (Å²) in [5, 5.41) is 11.8. The number of carbonyl (C=O) groups excluding carboxylic acids is 1. The van der Waals surface area contributed by atoms with Crippen molar-refractivity contribution in [2.75, 3.05) is 11.1 Å². The molecule has 2 aromatic rings. The predicted octanol–water partition coefficient (Wildman–Crippen LogP) is 3.47. The molecule has 0 unspecified atom stereocenters. The number of hydrogen-bond acceptors (Lipinski definition) is 5. The minimum absolute atomic E-state index is 0.0823. The second-order valence-electron chi connectivity index (χ2n) is 4.91. The minimum Gasteiger partial charge on any atom is -0.396 e. The van der Waals surface area contributed by atoms with Gasteiger partial charge in [0.2, 0.25) is 5.13 Å². The fourth-order valence-corrected chi connectivity index (χ4v) is 3.08. The van der Waals surface area contributed by atoms with Crippen LogP contribution in [0, 0.1) is 11.7 Å². The Hall–Kier alpha value is -1.54. The fourth-order valence-electron chi connectivity index (χ4n) is 1.64. The molecule has 21 heavy (non-hydrogen) atoms. The van der Waals surface area contributed by atoms with E-state index >= 15 is 0 Å². The van der Waals surface area contributed by atoms with Crippen molar-refractivity contribution in [1.82, 2.24) is 10.2 Å². The molecule has 8 heteroatoms. The SMILES string of the molecule is CC(C)Cc1nnc(NC(=O)c2cc(N)c(F)cc2Br)s1. The Morgan fingerprint density at radius 3 is 2.86 bits per heavy atom. The number of nitrogens with two attached hydrogens (primary N) is 1. The van der Waals surface area contributed by atoms with E-state index in [4.69, 9.17) is 5.73 Å². The topological polar surface area (TPSA) is 80.9 Å². The summed E-state index contributed by atoms with van der Waals surface area (Å²) in [6.07, 6.45) is 0.806. The first-order valence-electron chi connectivity index (χ1n) is 6.25. The third-order valence-corrected chi connectivity index (χ3v) is 4.12. The molecule has 0 bridgehead atoms. The molecule has 0 aliphatic rings. The van der Waals surface area contributed by atoms with Gasteiger partial charge >= 0.3 is 0 Å². The lowest BCUT2D eigenvalue weighted by molar-refractivity contribution is 0.102. The van der Waals surface area contributed by atoms with E-state index in [2.05, 4.69) is 45.3 Å². The van der Waals surface area contributed by atoms with E-state index in [1.165, 1.54) is 17.4 Å². The Morgan fingerprint density at radius 2 is 2.19 bits per heavy atom. The molecule has 1 heterocycles. The maximum absolute atomic E-state index is 13.3. The molecule has 1 aromatic heterocycles. The fraction of sp³-hybridized carbons (Fsp3) is 0.308. The molecule has 0 saturated carbocycles. The Kier molecular flexibility index (Phi) is 4.89. The molecule has 0 saturated heterocycles. The van der Waals surface area contributed by atoms with E-state index in [0.717, 1.165) is 17.5 Å². The number of anilines is 2. The molecule has 112 valence electrons. The molecule has 1 amide bonds. The molecule has 0 fully saturated rings. The third kappa shape index (κ3) is 3.98. The van der Waals surface area contributed by atoms with Crippen LogP contribution in [-0.2, 0) is 6.42 Å². The number of benzene rings is 1. The first-order valence-corrected chi connectivity index (χ1v) is 7.86. The van der Waals surface area contributed by atoms with Gasteiger partial charge in [0.1, 0.15) is 10.8 Å². The zero-order chi connectivity index (χ0) is 15.6. The molecule has 5 nitrogen and oxygen atoms in total. The predicted molar refractivity (Wildman–Crippen MR) is 84.9 cm³/mol. The minimum atomic E-state index is -0.575. The molecular formula is C13H14BrFN4OS. The quantitative estimate of drug-likeness (QED) is 0.805.